The first-order chi connectivity index (χ1) is 10.1. The van der Waals surface area contributed by atoms with Crippen molar-refractivity contribution in [2.75, 3.05) is 18.9 Å². The van der Waals surface area contributed by atoms with Gasteiger partial charge in [-0.15, -0.1) is 5.10 Å². The van der Waals surface area contributed by atoms with Crippen molar-refractivity contribution in [3.05, 3.63) is 23.8 Å². The average molecular weight is 289 g/mol. The molecule has 0 saturated heterocycles. The molecule has 21 heavy (non-hydrogen) atoms. The number of nitrogens with zero attached hydrogens (tertiary/aromatic N) is 4. The van der Waals surface area contributed by atoms with Crippen LogP contribution < -0.4 is 5.73 Å². The molecule has 1 aromatic carbocycles. The summed E-state index contributed by atoms with van der Waals surface area (Å²) in [6.07, 6.45) is 0. The number of tetrazole rings is 1. The molecular formula is C15H23N5O. The fourth-order valence-electron chi connectivity index (χ4n) is 2.36. The maximum absolute atomic E-state index is 6.12. The Kier molecular flexibility index (Phi) is 4.90. The molecule has 2 N–H and O–H groups in total. The maximum Gasteiger partial charge on any atom is 0.184 e. The van der Waals surface area contributed by atoms with E-state index in [9.17, 15) is 0 Å². The summed E-state index contributed by atoms with van der Waals surface area (Å²) in [5.74, 6) is 1.05. The molecule has 1 atom stereocenters. The predicted octanol–water partition coefficient (Wildman–Crippen LogP) is 2.46. The van der Waals surface area contributed by atoms with Crippen LogP contribution in [0.4, 0.5) is 5.69 Å². The monoisotopic (exact) mass is 289 g/mol. The van der Waals surface area contributed by atoms with Gasteiger partial charge >= 0.3 is 0 Å². The molecule has 6 nitrogen and oxygen atoms in total. The summed E-state index contributed by atoms with van der Waals surface area (Å²) in [5, 5.41) is 12.2. The molecule has 0 aliphatic carbocycles. The number of nitrogens with two attached hydrogens (primary N) is 1. The molecule has 2 rings (SSSR count). The second-order valence-electron chi connectivity index (χ2n) is 5.46. The van der Waals surface area contributed by atoms with Crippen molar-refractivity contribution in [1.82, 2.24) is 20.2 Å². The molecule has 0 aliphatic rings. The normalized spacial score (nSPS) is 12.8. The van der Waals surface area contributed by atoms with E-state index in [1.165, 1.54) is 0 Å². The van der Waals surface area contributed by atoms with Crippen LogP contribution in [-0.2, 0) is 4.74 Å². The van der Waals surface area contributed by atoms with Crippen LogP contribution in [0.15, 0.2) is 18.2 Å². The van der Waals surface area contributed by atoms with E-state index in [4.69, 9.17) is 10.5 Å². The molecular weight excluding hydrogens is 266 g/mol. The third-order valence-electron chi connectivity index (χ3n) is 3.60. The summed E-state index contributed by atoms with van der Waals surface area (Å²) in [4.78, 5) is 0. The molecule has 6 heteroatoms. The van der Waals surface area contributed by atoms with E-state index in [0.29, 0.717) is 30.6 Å². The predicted molar refractivity (Wildman–Crippen MR) is 82.8 cm³/mol. The maximum atomic E-state index is 6.12. The van der Waals surface area contributed by atoms with E-state index in [-0.39, 0.29) is 6.04 Å². The summed E-state index contributed by atoms with van der Waals surface area (Å²) in [5.41, 5.74) is 8.76. The highest BCUT2D eigenvalue weighted by Gasteiger charge is 2.23. The van der Waals surface area contributed by atoms with Gasteiger partial charge in [-0.05, 0) is 41.8 Å². The summed E-state index contributed by atoms with van der Waals surface area (Å²) >= 11 is 0. The van der Waals surface area contributed by atoms with Gasteiger partial charge in [0.15, 0.2) is 5.82 Å². The Hall–Kier alpha value is -1.95. The minimum absolute atomic E-state index is 0.0777. The fourth-order valence-corrected chi connectivity index (χ4v) is 2.36. The van der Waals surface area contributed by atoms with Crippen molar-refractivity contribution in [2.45, 2.75) is 33.7 Å². The van der Waals surface area contributed by atoms with Gasteiger partial charge in [-0.1, -0.05) is 26.0 Å². The summed E-state index contributed by atoms with van der Waals surface area (Å²) in [6, 6.07) is 5.89. The molecule has 0 spiro atoms. The first kappa shape index (κ1) is 15.4. The van der Waals surface area contributed by atoms with Gasteiger partial charge in [0.1, 0.15) is 0 Å². The molecule has 0 bridgehead atoms. The Morgan fingerprint density at radius 2 is 2.10 bits per heavy atom. The van der Waals surface area contributed by atoms with Crippen molar-refractivity contribution in [3.63, 3.8) is 0 Å². The number of nitrogen functional groups attached to an aromatic ring is 1. The molecule has 1 unspecified atom stereocenters. The van der Waals surface area contributed by atoms with E-state index in [2.05, 4.69) is 29.4 Å². The zero-order valence-corrected chi connectivity index (χ0v) is 13.1. The van der Waals surface area contributed by atoms with Crippen molar-refractivity contribution in [3.8, 4) is 11.4 Å². The highest BCUT2D eigenvalue weighted by atomic mass is 16.5. The summed E-state index contributed by atoms with van der Waals surface area (Å²) in [6.45, 7) is 9.52. The Morgan fingerprint density at radius 1 is 1.33 bits per heavy atom. The van der Waals surface area contributed by atoms with Crippen LogP contribution in [0.5, 0.6) is 0 Å². The molecule has 0 saturated carbocycles. The molecule has 2 aromatic rings. The Morgan fingerprint density at radius 3 is 2.71 bits per heavy atom. The number of aromatic nitrogens is 4. The molecule has 114 valence electrons. The third-order valence-corrected chi connectivity index (χ3v) is 3.60. The number of hydrogen-bond acceptors (Lipinski definition) is 5. The molecule has 0 radical (unpaired) electrons. The molecule has 0 amide bonds. The van der Waals surface area contributed by atoms with E-state index in [1.54, 1.807) is 0 Å². The second-order valence-corrected chi connectivity index (χ2v) is 5.46. The number of aryl methyl sites for hydroxylation is 1. The first-order valence-electron chi connectivity index (χ1n) is 7.27. The number of ether oxygens (including phenoxy) is 1. The Balaban J connectivity index is 2.46. The SMILES string of the molecule is CCOCC(C(C)C)n1nnnc1-c1c(C)cccc1N. The van der Waals surface area contributed by atoms with E-state index in [1.807, 2.05) is 36.7 Å². The smallest absolute Gasteiger partial charge is 0.184 e. The van der Waals surface area contributed by atoms with Crippen LogP contribution in [0.3, 0.4) is 0 Å². The van der Waals surface area contributed by atoms with Crippen molar-refractivity contribution >= 4 is 5.69 Å². The van der Waals surface area contributed by atoms with Gasteiger partial charge < -0.3 is 10.5 Å². The summed E-state index contributed by atoms with van der Waals surface area (Å²) < 4.78 is 7.42. The quantitative estimate of drug-likeness (QED) is 0.826. The lowest BCUT2D eigenvalue weighted by Crippen LogP contribution is -2.23. The first-order valence-corrected chi connectivity index (χ1v) is 7.27. The number of benzene rings is 1. The average Bonchev–Trinajstić information content (AvgIpc) is 2.88. The minimum Gasteiger partial charge on any atom is -0.398 e. The standard InChI is InChI=1S/C15H23N5O/c1-5-21-9-13(10(2)3)20-15(17-18-19-20)14-11(4)7-6-8-12(14)16/h6-8,10,13H,5,9,16H2,1-4H3. The van der Waals surface area contributed by atoms with Crippen molar-refractivity contribution < 1.29 is 4.74 Å². The second kappa shape index (κ2) is 6.67. The van der Waals surface area contributed by atoms with Crippen LogP contribution in [0, 0.1) is 12.8 Å². The highest BCUT2D eigenvalue weighted by molar-refractivity contribution is 5.74. The van der Waals surface area contributed by atoms with Crippen LogP contribution in [0.25, 0.3) is 11.4 Å². The molecule has 0 aliphatic heterocycles. The van der Waals surface area contributed by atoms with E-state index >= 15 is 0 Å². The topological polar surface area (TPSA) is 78.8 Å². The van der Waals surface area contributed by atoms with Gasteiger partial charge in [-0.25, -0.2) is 4.68 Å². The lowest BCUT2D eigenvalue weighted by atomic mass is 10.0. The van der Waals surface area contributed by atoms with Crippen molar-refractivity contribution in [2.24, 2.45) is 5.92 Å². The largest absolute Gasteiger partial charge is 0.398 e. The van der Waals surface area contributed by atoms with Gasteiger partial charge in [0, 0.05) is 17.9 Å². The van der Waals surface area contributed by atoms with Gasteiger partial charge in [-0.3, -0.25) is 0 Å². The number of hydrogen-bond donors (Lipinski definition) is 1. The lowest BCUT2D eigenvalue weighted by molar-refractivity contribution is 0.0913. The minimum atomic E-state index is 0.0777. The van der Waals surface area contributed by atoms with Crippen LogP contribution in [-0.4, -0.2) is 33.4 Å². The van der Waals surface area contributed by atoms with Crippen LogP contribution in [0.1, 0.15) is 32.4 Å². The van der Waals surface area contributed by atoms with Gasteiger partial charge in [-0.2, -0.15) is 0 Å². The van der Waals surface area contributed by atoms with Gasteiger partial charge in [0.2, 0.25) is 0 Å². The lowest BCUT2D eigenvalue weighted by Gasteiger charge is -2.22. The molecule has 0 fully saturated rings. The fraction of sp³-hybridized carbons (Fsp3) is 0.533. The Bertz CT molecular complexity index is 573. The van der Waals surface area contributed by atoms with Crippen molar-refractivity contribution in [1.29, 1.82) is 0 Å². The number of rotatable bonds is 6. The zero-order chi connectivity index (χ0) is 15.4. The van der Waals surface area contributed by atoms with Crippen LogP contribution in [0.2, 0.25) is 0 Å². The Labute approximate surface area is 125 Å². The van der Waals surface area contributed by atoms with E-state index < -0.39 is 0 Å². The highest BCUT2D eigenvalue weighted by Crippen LogP contribution is 2.30. The number of anilines is 1. The van der Waals surface area contributed by atoms with Gasteiger partial charge in [0.05, 0.1) is 12.6 Å². The van der Waals surface area contributed by atoms with Crippen LogP contribution >= 0.6 is 0 Å². The summed E-state index contributed by atoms with van der Waals surface area (Å²) in [7, 11) is 0. The van der Waals surface area contributed by atoms with E-state index in [0.717, 1.165) is 11.1 Å². The van der Waals surface area contributed by atoms with Gasteiger partial charge in [0.25, 0.3) is 0 Å². The molecule has 1 aromatic heterocycles. The zero-order valence-electron chi connectivity index (χ0n) is 13.1. The third kappa shape index (κ3) is 3.21. The molecule has 1 heterocycles.